The molecule has 0 aliphatic rings. The molecule has 23 aromatic rings. The molecule has 23 aromatic carbocycles. The molecule has 0 spiro atoms. The van der Waals surface area contributed by atoms with E-state index in [9.17, 15) is 0 Å². The van der Waals surface area contributed by atoms with Gasteiger partial charge >= 0.3 is 0 Å². The van der Waals surface area contributed by atoms with Crippen molar-refractivity contribution in [2.75, 3.05) is 0 Å². The zero-order chi connectivity index (χ0) is 82.0. The Morgan fingerprint density at radius 2 is 0.378 bits per heavy atom. The van der Waals surface area contributed by atoms with E-state index < -0.39 is 0 Å². The van der Waals surface area contributed by atoms with E-state index in [-0.39, 0.29) is 0 Å². The van der Waals surface area contributed by atoms with Gasteiger partial charge in [0, 0.05) is 0 Å². The Kier molecular flexibility index (Phi) is 25.5. The van der Waals surface area contributed by atoms with Crippen molar-refractivity contribution in [3.05, 3.63) is 493 Å². The van der Waals surface area contributed by atoms with E-state index >= 15 is 0 Å². The first-order valence-corrected chi connectivity index (χ1v) is 41.4. The van der Waals surface area contributed by atoms with Crippen LogP contribution in [0, 0.1) is 62.3 Å². The molecular formula is C119H100. The van der Waals surface area contributed by atoms with Crippen LogP contribution in [0.4, 0.5) is 0 Å². The molecule has 0 atom stereocenters. The molecule has 0 aliphatic heterocycles. The van der Waals surface area contributed by atoms with E-state index in [4.69, 9.17) is 0 Å². The molecule has 0 heteroatoms. The van der Waals surface area contributed by atoms with Gasteiger partial charge in [0.25, 0.3) is 0 Å². The summed E-state index contributed by atoms with van der Waals surface area (Å²) in [6.07, 6.45) is 0. The zero-order valence-electron chi connectivity index (χ0n) is 69.6. The van der Waals surface area contributed by atoms with Gasteiger partial charge in [0.2, 0.25) is 0 Å². The molecule has 0 radical (unpaired) electrons. The third-order valence-electron chi connectivity index (χ3n) is 22.6. The zero-order valence-corrected chi connectivity index (χ0v) is 69.6. The van der Waals surface area contributed by atoms with E-state index in [1.807, 2.05) is 18.2 Å². The van der Waals surface area contributed by atoms with Crippen molar-refractivity contribution in [3.63, 3.8) is 0 Å². The van der Waals surface area contributed by atoms with E-state index in [1.165, 1.54) is 201 Å². The minimum Gasteiger partial charge on any atom is -0.0622 e. The molecule has 0 bridgehead atoms. The first kappa shape index (κ1) is 79.9. The fourth-order valence-corrected chi connectivity index (χ4v) is 16.3. The third kappa shape index (κ3) is 19.3. The van der Waals surface area contributed by atoms with Gasteiger partial charge in [-0.3, -0.25) is 0 Å². The summed E-state index contributed by atoms with van der Waals surface area (Å²) in [5.74, 6) is 0. The van der Waals surface area contributed by atoms with Gasteiger partial charge in [-0.2, -0.15) is 0 Å². The van der Waals surface area contributed by atoms with Crippen LogP contribution in [-0.2, 0) is 0 Å². The molecule has 119 heavy (non-hydrogen) atoms. The van der Waals surface area contributed by atoms with Gasteiger partial charge in [-0.1, -0.05) is 453 Å². The lowest BCUT2D eigenvalue weighted by molar-refractivity contribution is 1.48. The van der Waals surface area contributed by atoms with Crippen LogP contribution in [0.5, 0.6) is 0 Å². The first-order chi connectivity index (χ1) is 58.2. The Labute approximate surface area is 701 Å². The number of hydrogen-bond acceptors (Lipinski definition) is 0. The van der Waals surface area contributed by atoms with E-state index in [0.717, 1.165) is 0 Å². The lowest BCUT2D eigenvalue weighted by atomic mass is 9.98. The molecule has 0 heterocycles. The second kappa shape index (κ2) is 38.0. The van der Waals surface area contributed by atoms with Gasteiger partial charge in [0.15, 0.2) is 0 Å². The maximum Gasteiger partial charge on any atom is -0.00761 e. The monoisotopic (exact) mass is 1530 g/mol. The topological polar surface area (TPSA) is 0 Å². The average Bonchev–Trinajstić information content (AvgIpc) is 0.806. The largest absolute Gasteiger partial charge is 0.0622 e. The summed E-state index contributed by atoms with van der Waals surface area (Å²) in [6.45, 7) is 19.3. The predicted molar refractivity (Wildman–Crippen MR) is 526 cm³/mol. The van der Waals surface area contributed by atoms with Gasteiger partial charge in [-0.15, -0.1) is 0 Å². The first-order valence-electron chi connectivity index (χ1n) is 41.4. The van der Waals surface area contributed by atoms with Crippen LogP contribution >= 0.6 is 0 Å². The Morgan fingerprint density at radius 1 is 0.101 bits per heavy atom. The van der Waals surface area contributed by atoms with Gasteiger partial charge < -0.3 is 0 Å². The molecule has 0 aliphatic carbocycles. The maximum absolute atomic E-state index is 2.28. The number of benzene rings is 23. The van der Waals surface area contributed by atoms with E-state index in [1.54, 1.807) is 0 Å². The minimum atomic E-state index is 1.31. The normalized spacial score (nSPS) is 10.7. The Hall–Kier alpha value is -14.3. The van der Waals surface area contributed by atoms with Gasteiger partial charge in [-0.05, 0) is 253 Å². The maximum atomic E-state index is 2.28. The minimum absolute atomic E-state index is 1.31. The molecule has 0 unspecified atom stereocenters. The molecule has 0 aromatic heterocycles. The second-order valence-corrected chi connectivity index (χ2v) is 31.2. The Balaban J connectivity index is 0.000000105. The highest BCUT2D eigenvalue weighted by molar-refractivity contribution is 6.12. The quantitative estimate of drug-likeness (QED) is 0.105. The highest BCUT2D eigenvalue weighted by Gasteiger charge is 2.07. The van der Waals surface area contributed by atoms with Crippen LogP contribution in [0.25, 0.3) is 151 Å². The highest BCUT2D eigenvalue weighted by Crippen LogP contribution is 2.33. The SMILES string of the molecule is Cc1cc2ccccc2c2ccccc12.Cc1ccc2c(ccc3ccccc32)c1.Cc1ccc2ccc3ccccc3c2c1.Cc1ccc2ccccc2c1.Cc1cccc2c1ccc1ccccc12.Cc1cccc2cc3ccccc3cc12.Cc1cccc2ccc3ccccc3c12.Cc1cccc2ccccc12.Cc1ccccc1. The lowest BCUT2D eigenvalue weighted by Crippen LogP contribution is -1.81. The molecule has 576 valence electrons. The summed E-state index contributed by atoms with van der Waals surface area (Å²) in [5, 5.41) is 37.5. The van der Waals surface area contributed by atoms with E-state index in [0.29, 0.717) is 0 Å². The number of aryl methyl sites for hydroxylation is 9. The third-order valence-corrected chi connectivity index (χ3v) is 22.6. The van der Waals surface area contributed by atoms with Crippen LogP contribution in [-0.4, -0.2) is 0 Å². The Bertz CT molecular complexity index is 7330. The number of fused-ring (bicyclic) bond motifs is 19. The van der Waals surface area contributed by atoms with Crippen molar-refractivity contribution in [1.29, 1.82) is 0 Å². The molecule has 0 nitrogen and oxygen atoms in total. The smallest absolute Gasteiger partial charge is 0.00761 e. The van der Waals surface area contributed by atoms with Crippen molar-refractivity contribution in [1.82, 2.24) is 0 Å². The summed E-state index contributed by atoms with van der Waals surface area (Å²) < 4.78 is 0. The van der Waals surface area contributed by atoms with Crippen LogP contribution < -0.4 is 0 Å². The predicted octanol–water partition coefficient (Wildman–Crippen LogP) is 34.1. The number of hydrogen-bond donors (Lipinski definition) is 0. The lowest BCUT2D eigenvalue weighted by Gasteiger charge is -2.06. The van der Waals surface area contributed by atoms with Crippen LogP contribution in [0.1, 0.15) is 50.1 Å². The van der Waals surface area contributed by atoms with Crippen LogP contribution in [0.2, 0.25) is 0 Å². The van der Waals surface area contributed by atoms with Gasteiger partial charge in [0.1, 0.15) is 0 Å². The molecule has 23 rings (SSSR count). The van der Waals surface area contributed by atoms with Gasteiger partial charge in [0.05, 0.1) is 0 Å². The molecule has 0 amide bonds. The van der Waals surface area contributed by atoms with Crippen molar-refractivity contribution < 1.29 is 0 Å². The molecule has 0 saturated carbocycles. The second-order valence-electron chi connectivity index (χ2n) is 31.2. The fraction of sp³-hybridized carbons (Fsp3) is 0.0756. The summed E-state index contributed by atoms with van der Waals surface area (Å²) in [4.78, 5) is 0. The standard InChI is InChI=1S/6C15H12.2C11H10.C7H8/c1-11-5-4-7-13-10-9-12-6-2-3-8-14(12)15(11)13;1-11-10-12-6-2-3-8-14(12)15-9-5-4-7-13(11)15;1-11-5-4-8-14-9-12-6-2-3-7-13(12)10-15(11)14;1-11-5-4-8-15-13(11)10-9-12-6-2-3-7-14(12)15;1-11-6-9-15-13(10-11)8-7-12-4-2-3-5-14(12)15;1-11-6-7-13-9-8-12-4-2-3-5-14(12)15(13)10-11;1-9-5-4-7-10-6-2-3-8-11(9)10;1-9-6-7-10-4-2-3-5-11(10)8-9;1-7-5-3-2-4-6-7/h6*2-10H,1H3;2*2-8H,1H3;2-6H,1H3. The average molecular weight is 1530 g/mol. The van der Waals surface area contributed by atoms with Crippen LogP contribution in [0.3, 0.4) is 0 Å². The Morgan fingerprint density at radius 3 is 0.950 bits per heavy atom. The number of rotatable bonds is 0. The molecular weight excluding hydrogens is 1430 g/mol. The fourth-order valence-electron chi connectivity index (χ4n) is 16.3. The van der Waals surface area contributed by atoms with Gasteiger partial charge in [-0.25, -0.2) is 0 Å². The van der Waals surface area contributed by atoms with E-state index in [2.05, 4.69) is 487 Å². The van der Waals surface area contributed by atoms with Crippen molar-refractivity contribution in [3.8, 4) is 0 Å². The van der Waals surface area contributed by atoms with Crippen molar-refractivity contribution in [2.24, 2.45) is 0 Å². The van der Waals surface area contributed by atoms with Crippen molar-refractivity contribution in [2.45, 2.75) is 62.3 Å². The molecule has 0 N–H and O–H groups in total. The molecule has 0 saturated heterocycles. The summed E-state index contributed by atoms with van der Waals surface area (Å²) >= 11 is 0. The summed E-state index contributed by atoms with van der Waals surface area (Å²) in [6, 6.07) is 157. The van der Waals surface area contributed by atoms with Crippen LogP contribution in [0.15, 0.2) is 443 Å². The van der Waals surface area contributed by atoms with Crippen molar-refractivity contribution >= 4 is 151 Å². The summed E-state index contributed by atoms with van der Waals surface area (Å²) in [5.41, 5.74) is 12.0. The highest BCUT2D eigenvalue weighted by atomic mass is 14.1. The summed E-state index contributed by atoms with van der Waals surface area (Å²) in [7, 11) is 0. The molecule has 0 fully saturated rings.